The van der Waals surface area contributed by atoms with Gasteiger partial charge in [0.15, 0.2) is 11.7 Å². The van der Waals surface area contributed by atoms with Crippen LogP contribution in [-0.4, -0.2) is 56.0 Å². The Morgan fingerprint density at radius 3 is 2.50 bits per heavy atom. The standard InChI is InChI=1S/C15H17NO6/c17-7-11-12(19)13(20)14(21)15(22-11)16-6-5-10(18)8-3-1-2-4-9(8)16/h1-6,11-15,17,19-21H,7H2/t11?,12-,13?,14?,15+/m1/s1. The van der Waals surface area contributed by atoms with Crippen molar-refractivity contribution in [3.63, 3.8) is 0 Å². The van der Waals surface area contributed by atoms with E-state index in [4.69, 9.17) is 4.74 Å². The van der Waals surface area contributed by atoms with Crippen molar-refractivity contribution in [3.05, 3.63) is 46.8 Å². The van der Waals surface area contributed by atoms with Gasteiger partial charge in [-0.3, -0.25) is 4.79 Å². The number of benzene rings is 1. The molecule has 1 aliphatic rings. The molecule has 0 amide bonds. The summed E-state index contributed by atoms with van der Waals surface area (Å²) in [5, 5.41) is 39.6. The Kier molecular flexibility index (Phi) is 3.98. The molecule has 3 rings (SSSR count). The molecule has 7 heteroatoms. The fraction of sp³-hybridized carbons (Fsp3) is 0.400. The molecule has 0 aliphatic carbocycles. The van der Waals surface area contributed by atoms with Gasteiger partial charge >= 0.3 is 0 Å². The topological polar surface area (TPSA) is 112 Å². The van der Waals surface area contributed by atoms with Crippen LogP contribution in [0.4, 0.5) is 0 Å². The number of nitrogens with zero attached hydrogens (tertiary/aromatic N) is 1. The van der Waals surface area contributed by atoms with E-state index in [1.165, 1.54) is 16.8 Å². The van der Waals surface area contributed by atoms with Gasteiger partial charge in [0, 0.05) is 17.6 Å². The lowest BCUT2D eigenvalue weighted by atomic mass is 9.98. The van der Waals surface area contributed by atoms with E-state index in [-0.39, 0.29) is 5.43 Å². The fourth-order valence-electron chi connectivity index (χ4n) is 2.76. The van der Waals surface area contributed by atoms with Crippen molar-refractivity contribution in [1.82, 2.24) is 4.57 Å². The number of aliphatic hydroxyl groups excluding tert-OH is 4. The minimum atomic E-state index is -1.46. The van der Waals surface area contributed by atoms with Crippen molar-refractivity contribution in [2.45, 2.75) is 30.6 Å². The van der Waals surface area contributed by atoms with Crippen LogP contribution >= 0.6 is 0 Å². The van der Waals surface area contributed by atoms with Gasteiger partial charge in [-0.05, 0) is 12.1 Å². The monoisotopic (exact) mass is 307 g/mol. The molecule has 2 heterocycles. The van der Waals surface area contributed by atoms with Crippen molar-refractivity contribution in [1.29, 1.82) is 0 Å². The lowest BCUT2D eigenvalue weighted by molar-refractivity contribution is -0.250. The van der Waals surface area contributed by atoms with Crippen LogP contribution in [0, 0.1) is 0 Å². The highest BCUT2D eigenvalue weighted by atomic mass is 16.6. The zero-order valence-electron chi connectivity index (χ0n) is 11.6. The van der Waals surface area contributed by atoms with E-state index in [1.807, 2.05) is 0 Å². The quantitative estimate of drug-likeness (QED) is 0.565. The van der Waals surface area contributed by atoms with E-state index in [0.717, 1.165) is 0 Å². The summed E-state index contributed by atoms with van der Waals surface area (Å²) in [5.41, 5.74) is 0.357. The Morgan fingerprint density at radius 1 is 1.05 bits per heavy atom. The van der Waals surface area contributed by atoms with Crippen LogP contribution in [-0.2, 0) is 4.74 Å². The first-order chi connectivity index (χ1) is 10.5. The van der Waals surface area contributed by atoms with Crippen molar-refractivity contribution in [2.24, 2.45) is 0 Å². The number of aromatic nitrogens is 1. The first-order valence-electron chi connectivity index (χ1n) is 6.95. The van der Waals surface area contributed by atoms with Gasteiger partial charge < -0.3 is 29.7 Å². The number of para-hydroxylation sites is 1. The summed E-state index contributed by atoms with van der Waals surface area (Å²) < 4.78 is 7.03. The van der Waals surface area contributed by atoms with Crippen LogP contribution in [0.2, 0.25) is 0 Å². The molecular weight excluding hydrogens is 290 g/mol. The Bertz CT molecular complexity index is 727. The molecule has 118 valence electrons. The largest absolute Gasteiger partial charge is 0.394 e. The molecule has 5 atom stereocenters. The third-order valence-corrected chi connectivity index (χ3v) is 3.98. The van der Waals surface area contributed by atoms with Crippen molar-refractivity contribution in [2.75, 3.05) is 6.61 Å². The van der Waals surface area contributed by atoms with E-state index in [1.54, 1.807) is 24.3 Å². The number of ether oxygens (including phenoxy) is 1. The molecule has 4 N–H and O–H groups in total. The first kappa shape index (κ1) is 15.1. The normalized spacial score (nSPS) is 32.3. The van der Waals surface area contributed by atoms with Crippen LogP contribution in [0.1, 0.15) is 6.23 Å². The highest BCUT2D eigenvalue weighted by molar-refractivity contribution is 5.78. The molecule has 1 aromatic carbocycles. The molecule has 1 fully saturated rings. The predicted octanol–water partition coefficient (Wildman–Crippen LogP) is -1.03. The third kappa shape index (κ3) is 2.33. The molecule has 0 radical (unpaired) electrons. The number of hydrogen-bond acceptors (Lipinski definition) is 6. The molecule has 1 aliphatic heterocycles. The number of pyridine rings is 1. The van der Waals surface area contributed by atoms with Crippen LogP contribution in [0.15, 0.2) is 41.3 Å². The zero-order valence-corrected chi connectivity index (χ0v) is 11.6. The molecule has 0 saturated carbocycles. The van der Waals surface area contributed by atoms with Crippen molar-refractivity contribution in [3.8, 4) is 0 Å². The van der Waals surface area contributed by atoms with Crippen LogP contribution in [0.25, 0.3) is 10.9 Å². The number of rotatable bonds is 2. The van der Waals surface area contributed by atoms with Crippen LogP contribution in [0.5, 0.6) is 0 Å². The van der Waals surface area contributed by atoms with E-state index in [0.29, 0.717) is 10.9 Å². The second kappa shape index (κ2) is 5.79. The number of aliphatic hydroxyl groups is 4. The second-order valence-corrected chi connectivity index (χ2v) is 5.32. The lowest BCUT2D eigenvalue weighted by Gasteiger charge is -2.41. The summed E-state index contributed by atoms with van der Waals surface area (Å²) >= 11 is 0. The van der Waals surface area contributed by atoms with Gasteiger partial charge in [-0.1, -0.05) is 12.1 Å². The van der Waals surface area contributed by atoms with Gasteiger partial charge in [-0.2, -0.15) is 0 Å². The van der Waals surface area contributed by atoms with Gasteiger partial charge in [-0.25, -0.2) is 0 Å². The summed E-state index contributed by atoms with van der Waals surface area (Å²) in [5.74, 6) is 0. The zero-order chi connectivity index (χ0) is 15.9. The molecule has 3 unspecified atom stereocenters. The fourth-order valence-corrected chi connectivity index (χ4v) is 2.76. The molecular formula is C15H17NO6. The van der Waals surface area contributed by atoms with E-state index in [2.05, 4.69) is 0 Å². The van der Waals surface area contributed by atoms with Crippen molar-refractivity contribution >= 4 is 10.9 Å². The summed E-state index contributed by atoms with van der Waals surface area (Å²) in [6, 6.07) is 8.14. The third-order valence-electron chi connectivity index (χ3n) is 3.98. The van der Waals surface area contributed by atoms with E-state index in [9.17, 15) is 25.2 Å². The first-order valence-corrected chi connectivity index (χ1v) is 6.95. The Balaban J connectivity index is 2.10. The number of hydrogen-bond donors (Lipinski definition) is 4. The van der Waals surface area contributed by atoms with E-state index < -0.39 is 37.3 Å². The smallest absolute Gasteiger partial charge is 0.189 e. The summed E-state index contributed by atoms with van der Waals surface area (Å²) in [4.78, 5) is 11.9. The maximum atomic E-state index is 11.9. The average Bonchev–Trinajstić information content (AvgIpc) is 2.54. The maximum absolute atomic E-state index is 11.9. The Hall–Kier alpha value is -1.77. The van der Waals surface area contributed by atoms with E-state index >= 15 is 0 Å². The molecule has 0 bridgehead atoms. The summed E-state index contributed by atoms with van der Waals surface area (Å²) in [7, 11) is 0. The molecule has 1 saturated heterocycles. The summed E-state index contributed by atoms with van der Waals surface area (Å²) in [6.45, 7) is -0.500. The second-order valence-electron chi connectivity index (χ2n) is 5.32. The van der Waals surface area contributed by atoms with Gasteiger partial charge in [0.25, 0.3) is 0 Å². The number of fused-ring (bicyclic) bond motifs is 1. The molecule has 1 aromatic heterocycles. The summed E-state index contributed by atoms with van der Waals surface area (Å²) in [6.07, 6.45) is -4.85. The van der Waals surface area contributed by atoms with Crippen LogP contribution in [0.3, 0.4) is 0 Å². The highest BCUT2D eigenvalue weighted by Gasteiger charge is 2.44. The molecule has 2 aromatic rings. The Labute approximate surface area is 125 Å². The van der Waals surface area contributed by atoms with Gasteiger partial charge in [0.1, 0.15) is 24.4 Å². The van der Waals surface area contributed by atoms with Gasteiger partial charge in [0.05, 0.1) is 12.1 Å². The Morgan fingerprint density at radius 2 is 1.77 bits per heavy atom. The minimum Gasteiger partial charge on any atom is -0.394 e. The maximum Gasteiger partial charge on any atom is 0.189 e. The predicted molar refractivity (Wildman–Crippen MR) is 77.2 cm³/mol. The van der Waals surface area contributed by atoms with Gasteiger partial charge in [-0.15, -0.1) is 0 Å². The molecule has 22 heavy (non-hydrogen) atoms. The lowest BCUT2D eigenvalue weighted by Crippen LogP contribution is -2.56. The van der Waals surface area contributed by atoms with Crippen LogP contribution < -0.4 is 5.43 Å². The molecule has 0 spiro atoms. The molecule has 7 nitrogen and oxygen atoms in total. The highest BCUT2D eigenvalue weighted by Crippen LogP contribution is 2.30. The van der Waals surface area contributed by atoms with Crippen molar-refractivity contribution < 1.29 is 25.2 Å². The van der Waals surface area contributed by atoms with Gasteiger partial charge in [0.2, 0.25) is 0 Å². The SMILES string of the molecule is O=c1ccn([C@H]2OC(CO)[C@@H](O)C(O)C2O)c2ccccc12. The average molecular weight is 307 g/mol. The minimum absolute atomic E-state index is 0.170.